The molecule has 1 atom stereocenters. The van der Waals surface area contributed by atoms with Crippen LogP contribution in [0.3, 0.4) is 0 Å². The Balaban J connectivity index is 1.73. The number of rotatable bonds is 3. The van der Waals surface area contributed by atoms with Gasteiger partial charge < -0.3 is 4.90 Å². The minimum atomic E-state index is -0.0276. The first kappa shape index (κ1) is 19.2. The maximum atomic E-state index is 13.1. The smallest absolute Gasteiger partial charge is 0.277 e. The van der Waals surface area contributed by atoms with Gasteiger partial charge in [-0.1, -0.05) is 13.8 Å². The Morgan fingerprint density at radius 3 is 2.71 bits per heavy atom. The molecule has 28 heavy (non-hydrogen) atoms. The van der Waals surface area contributed by atoms with Crippen LogP contribution in [0.4, 0.5) is 0 Å². The molecule has 7 nitrogen and oxygen atoms in total. The first-order valence-corrected chi connectivity index (χ1v) is 10.5. The number of hydrogen-bond donors (Lipinski definition) is 1. The summed E-state index contributed by atoms with van der Waals surface area (Å²) in [4.78, 5) is 34.9. The number of aromatic amines is 1. The fraction of sp³-hybridized carbons (Fsp3) is 0.667. The molecule has 0 aromatic carbocycles. The van der Waals surface area contributed by atoms with Gasteiger partial charge in [0, 0.05) is 44.1 Å². The van der Waals surface area contributed by atoms with E-state index >= 15 is 0 Å². The number of nitrogens with zero attached hydrogens (tertiary/aromatic N) is 4. The topological polar surface area (TPSA) is 73.7 Å². The number of carbonyl (C=O) groups is 1. The molecule has 2 aromatic rings. The molecule has 1 N–H and O–H groups in total. The maximum Gasteiger partial charge on any atom is 0.277 e. The van der Waals surface area contributed by atoms with Gasteiger partial charge in [-0.3, -0.25) is 19.6 Å². The van der Waals surface area contributed by atoms with Gasteiger partial charge in [-0.15, -0.1) is 0 Å². The van der Waals surface area contributed by atoms with Crippen LogP contribution >= 0.6 is 0 Å². The van der Waals surface area contributed by atoms with Crippen molar-refractivity contribution < 1.29 is 4.79 Å². The van der Waals surface area contributed by atoms with Crippen LogP contribution in [0.15, 0.2) is 10.9 Å². The predicted molar refractivity (Wildman–Crippen MR) is 108 cm³/mol. The predicted octanol–water partition coefficient (Wildman–Crippen LogP) is 2.50. The highest BCUT2D eigenvalue weighted by Crippen LogP contribution is 2.31. The largest absolute Gasteiger partial charge is 0.334 e. The van der Waals surface area contributed by atoms with Gasteiger partial charge >= 0.3 is 0 Å². The van der Waals surface area contributed by atoms with Crippen molar-refractivity contribution in [2.75, 3.05) is 13.1 Å². The Morgan fingerprint density at radius 1 is 1.21 bits per heavy atom. The summed E-state index contributed by atoms with van der Waals surface area (Å²) < 4.78 is 1.57. The lowest BCUT2D eigenvalue weighted by Crippen LogP contribution is -2.41. The lowest BCUT2D eigenvalue weighted by molar-refractivity contribution is -0.138. The van der Waals surface area contributed by atoms with Crippen LogP contribution in [-0.4, -0.2) is 49.4 Å². The quantitative estimate of drug-likeness (QED) is 0.881. The summed E-state index contributed by atoms with van der Waals surface area (Å²) in [6.07, 6.45) is 3.85. The molecule has 1 amide bonds. The zero-order chi connectivity index (χ0) is 20.0. The molecule has 1 saturated heterocycles. The Bertz CT molecular complexity index is 942. The molecule has 4 rings (SSSR count). The molecule has 0 radical (unpaired) electrons. The molecular weight excluding hydrogens is 354 g/mol. The van der Waals surface area contributed by atoms with Gasteiger partial charge in [-0.05, 0) is 33.1 Å². The Kier molecular flexibility index (Phi) is 5.04. The van der Waals surface area contributed by atoms with Gasteiger partial charge in [-0.2, -0.15) is 0 Å². The number of H-pyrrole nitrogens is 1. The van der Waals surface area contributed by atoms with E-state index in [2.05, 4.69) is 23.8 Å². The van der Waals surface area contributed by atoms with Crippen LogP contribution < -0.4 is 5.56 Å². The molecule has 0 bridgehead atoms. The van der Waals surface area contributed by atoms with Crippen LogP contribution in [0.2, 0.25) is 0 Å². The monoisotopic (exact) mass is 385 g/mol. The molecule has 2 aromatic heterocycles. The second kappa shape index (κ2) is 7.35. The minimum absolute atomic E-state index is 0.00542. The van der Waals surface area contributed by atoms with Crippen molar-refractivity contribution in [3.05, 3.63) is 33.4 Å². The first-order chi connectivity index (χ1) is 13.4. The third kappa shape index (κ3) is 3.26. The second-order valence-corrected chi connectivity index (χ2v) is 8.76. The third-order valence-corrected chi connectivity index (χ3v) is 6.18. The molecule has 0 aliphatic carbocycles. The fourth-order valence-electron chi connectivity index (χ4n) is 4.48. The Morgan fingerprint density at radius 2 is 2.00 bits per heavy atom. The molecule has 4 heterocycles. The summed E-state index contributed by atoms with van der Waals surface area (Å²) in [5, 5.41) is 3.28. The van der Waals surface area contributed by atoms with Gasteiger partial charge in [-0.25, -0.2) is 9.50 Å². The van der Waals surface area contributed by atoms with Crippen LogP contribution in [0.25, 0.3) is 5.65 Å². The zero-order valence-electron chi connectivity index (χ0n) is 17.4. The maximum absolute atomic E-state index is 13.1. The summed E-state index contributed by atoms with van der Waals surface area (Å²) in [6, 6.07) is 2.37. The molecule has 1 unspecified atom stereocenters. The van der Waals surface area contributed by atoms with E-state index in [1.165, 1.54) is 0 Å². The standard InChI is InChI=1S/C21H31N5O2/c1-13(2)20(27)25-9-6-5-7-18(25)17-11-19-22-16-8-10-24(14(3)4)12-15(16)21(28)26(19)23-17/h11,13-14,18,23H,5-10,12H2,1-4H3. The average molecular weight is 386 g/mol. The van der Waals surface area contributed by atoms with Gasteiger partial charge in [0.1, 0.15) is 0 Å². The highest BCUT2D eigenvalue weighted by Gasteiger charge is 2.31. The zero-order valence-corrected chi connectivity index (χ0v) is 17.4. The second-order valence-electron chi connectivity index (χ2n) is 8.76. The van der Waals surface area contributed by atoms with Crippen LogP contribution in [0.1, 0.15) is 70.0 Å². The van der Waals surface area contributed by atoms with Gasteiger partial charge in [0.15, 0.2) is 5.65 Å². The highest BCUT2D eigenvalue weighted by atomic mass is 16.2. The van der Waals surface area contributed by atoms with E-state index in [-0.39, 0.29) is 23.4 Å². The van der Waals surface area contributed by atoms with E-state index in [0.29, 0.717) is 18.2 Å². The fourth-order valence-corrected chi connectivity index (χ4v) is 4.48. The van der Waals surface area contributed by atoms with E-state index < -0.39 is 0 Å². The molecule has 7 heteroatoms. The number of piperidine rings is 1. The third-order valence-electron chi connectivity index (χ3n) is 6.18. The molecular formula is C21H31N5O2. The van der Waals surface area contributed by atoms with Crippen LogP contribution in [0, 0.1) is 5.92 Å². The summed E-state index contributed by atoms with van der Waals surface area (Å²) in [6.45, 7) is 10.6. The first-order valence-electron chi connectivity index (χ1n) is 10.5. The average Bonchev–Trinajstić information content (AvgIpc) is 3.11. The van der Waals surface area contributed by atoms with E-state index in [0.717, 1.165) is 55.7 Å². The van der Waals surface area contributed by atoms with Crippen molar-refractivity contribution >= 4 is 11.6 Å². The lowest BCUT2D eigenvalue weighted by atomic mass is 9.97. The number of hydrogen-bond acceptors (Lipinski definition) is 4. The van der Waals surface area contributed by atoms with Crippen molar-refractivity contribution in [2.24, 2.45) is 5.92 Å². The summed E-state index contributed by atoms with van der Waals surface area (Å²) in [5.74, 6) is 0.149. The minimum Gasteiger partial charge on any atom is -0.334 e. The van der Waals surface area contributed by atoms with Gasteiger partial charge in [0.05, 0.1) is 23.0 Å². The van der Waals surface area contributed by atoms with Gasteiger partial charge in [0.25, 0.3) is 5.56 Å². The Hall–Kier alpha value is -2.15. The van der Waals surface area contributed by atoms with Crippen molar-refractivity contribution in [2.45, 2.75) is 72.0 Å². The molecule has 2 aliphatic rings. The van der Waals surface area contributed by atoms with E-state index in [1.807, 2.05) is 24.8 Å². The summed E-state index contributed by atoms with van der Waals surface area (Å²) in [7, 11) is 0. The van der Waals surface area contributed by atoms with Crippen molar-refractivity contribution in [1.29, 1.82) is 0 Å². The van der Waals surface area contributed by atoms with Crippen molar-refractivity contribution in [3.63, 3.8) is 0 Å². The highest BCUT2D eigenvalue weighted by molar-refractivity contribution is 5.78. The van der Waals surface area contributed by atoms with E-state index in [1.54, 1.807) is 4.52 Å². The Labute approximate surface area is 165 Å². The summed E-state index contributed by atoms with van der Waals surface area (Å²) in [5.41, 5.74) is 3.30. The van der Waals surface area contributed by atoms with Crippen LogP contribution in [0.5, 0.6) is 0 Å². The number of amides is 1. The number of fused-ring (bicyclic) bond motifs is 2. The van der Waals surface area contributed by atoms with E-state index in [9.17, 15) is 9.59 Å². The molecule has 152 valence electrons. The number of likely N-dealkylation sites (tertiary alicyclic amines) is 1. The van der Waals surface area contributed by atoms with Crippen molar-refractivity contribution in [3.8, 4) is 0 Å². The normalized spacial score (nSPS) is 20.9. The number of aromatic nitrogens is 3. The van der Waals surface area contributed by atoms with Gasteiger partial charge in [0.2, 0.25) is 5.91 Å². The molecule has 2 aliphatic heterocycles. The van der Waals surface area contributed by atoms with E-state index in [4.69, 9.17) is 4.98 Å². The van der Waals surface area contributed by atoms with Crippen LogP contribution in [-0.2, 0) is 17.8 Å². The molecule has 1 fully saturated rings. The summed E-state index contributed by atoms with van der Waals surface area (Å²) >= 11 is 0. The number of nitrogens with one attached hydrogen (secondary N) is 1. The number of carbonyl (C=O) groups excluding carboxylic acids is 1. The molecule has 0 saturated carbocycles. The lowest BCUT2D eigenvalue weighted by Gasteiger charge is -2.36. The SMILES string of the molecule is CC(C)C(=O)N1CCCCC1c1cc2nc3c(c(=O)n2[nH]1)CN(C(C)C)CC3. The molecule has 0 spiro atoms. The van der Waals surface area contributed by atoms with Crippen molar-refractivity contribution in [1.82, 2.24) is 24.4 Å².